The number of fused-ring (bicyclic) bond motifs is 1. The zero-order chi connectivity index (χ0) is 14.2. The van der Waals surface area contributed by atoms with Crippen molar-refractivity contribution >= 4 is 31.9 Å². The summed E-state index contributed by atoms with van der Waals surface area (Å²) in [5.74, 6) is 0. The van der Waals surface area contributed by atoms with Crippen molar-refractivity contribution in [2.24, 2.45) is 5.73 Å². The topological polar surface area (TPSA) is 60.2 Å². The highest BCUT2D eigenvalue weighted by Crippen LogP contribution is 2.29. The second kappa shape index (κ2) is 5.01. The van der Waals surface area contributed by atoms with E-state index in [1.54, 1.807) is 22.9 Å². The first-order valence-corrected chi connectivity index (χ1v) is 8.54. The Bertz CT molecular complexity index is 866. The number of hydrogen-bond acceptors (Lipinski definition) is 4. The summed E-state index contributed by atoms with van der Waals surface area (Å²) in [4.78, 5) is 0.629. The van der Waals surface area contributed by atoms with E-state index in [9.17, 15) is 8.42 Å². The molecular weight excluding hydrogens is 290 g/mol. The molecule has 0 radical (unpaired) electrons. The Hall–Kier alpha value is -1.69. The van der Waals surface area contributed by atoms with Crippen molar-refractivity contribution in [3.05, 3.63) is 58.8 Å². The van der Waals surface area contributed by atoms with Crippen LogP contribution >= 0.6 is 11.3 Å². The highest BCUT2D eigenvalue weighted by Gasteiger charge is 2.21. The van der Waals surface area contributed by atoms with Crippen LogP contribution in [-0.4, -0.2) is 8.42 Å². The Morgan fingerprint density at radius 3 is 2.50 bits per heavy atom. The van der Waals surface area contributed by atoms with Crippen molar-refractivity contribution in [2.75, 3.05) is 0 Å². The Kier molecular flexibility index (Phi) is 3.33. The van der Waals surface area contributed by atoms with E-state index in [0.29, 0.717) is 15.4 Å². The fourth-order valence-corrected chi connectivity index (χ4v) is 4.91. The molecule has 5 heteroatoms. The third kappa shape index (κ3) is 2.14. The van der Waals surface area contributed by atoms with E-state index in [-0.39, 0.29) is 6.54 Å². The van der Waals surface area contributed by atoms with Crippen LogP contribution in [0.25, 0.3) is 10.8 Å². The van der Waals surface area contributed by atoms with Gasteiger partial charge in [0.1, 0.15) is 0 Å². The summed E-state index contributed by atoms with van der Waals surface area (Å²) in [6.07, 6.45) is 0. The van der Waals surface area contributed by atoms with Crippen molar-refractivity contribution in [3.8, 4) is 0 Å². The van der Waals surface area contributed by atoms with Crippen LogP contribution in [0.4, 0.5) is 0 Å². The van der Waals surface area contributed by atoms with Crippen molar-refractivity contribution in [1.82, 2.24) is 0 Å². The summed E-state index contributed by atoms with van der Waals surface area (Å²) >= 11 is 1.36. The molecule has 0 spiro atoms. The first-order chi connectivity index (χ1) is 9.63. The van der Waals surface area contributed by atoms with Crippen LogP contribution in [0.1, 0.15) is 5.56 Å². The monoisotopic (exact) mass is 303 g/mol. The van der Waals surface area contributed by atoms with E-state index in [1.165, 1.54) is 11.3 Å². The van der Waals surface area contributed by atoms with Gasteiger partial charge in [-0.05, 0) is 33.8 Å². The molecule has 0 saturated heterocycles. The molecule has 3 rings (SSSR count). The summed E-state index contributed by atoms with van der Waals surface area (Å²) in [5, 5.41) is 5.37. The van der Waals surface area contributed by atoms with Gasteiger partial charge in [0.25, 0.3) is 0 Å². The third-order valence-electron chi connectivity index (χ3n) is 3.24. The fraction of sp³-hybridized carbons (Fsp3) is 0.0667. The van der Waals surface area contributed by atoms with Crippen LogP contribution in [0.15, 0.2) is 63.0 Å². The van der Waals surface area contributed by atoms with Crippen LogP contribution in [0, 0.1) is 0 Å². The molecule has 2 N–H and O–H groups in total. The smallest absolute Gasteiger partial charge is 0.207 e. The maximum atomic E-state index is 12.7. The molecule has 0 aliphatic rings. The first kappa shape index (κ1) is 13.3. The lowest BCUT2D eigenvalue weighted by molar-refractivity contribution is 0.595. The second-order valence-corrected chi connectivity index (χ2v) is 7.14. The largest absolute Gasteiger partial charge is 0.326 e. The van der Waals surface area contributed by atoms with E-state index in [4.69, 9.17) is 5.73 Å². The zero-order valence-electron chi connectivity index (χ0n) is 10.6. The molecule has 0 aliphatic carbocycles. The normalized spacial score (nSPS) is 11.8. The molecule has 20 heavy (non-hydrogen) atoms. The summed E-state index contributed by atoms with van der Waals surface area (Å²) in [6, 6.07) is 12.9. The molecular formula is C15H13NO2S2. The Labute approximate surface area is 121 Å². The summed E-state index contributed by atoms with van der Waals surface area (Å²) in [5.41, 5.74) is 6.27. The van der Waals surface area contributed by atoms with Gasteiger partial charge >= 0.3 is 0 Å². The number of sulfone groups is 1. The molecule has 0 saturated carbocycles. The number of benzene rings is 2. The highest BCUT2D eigenvalue weighted by molar-refractivity contribution is 7.91. The zero-order valence-corrected chi connectivity index (χ0v) is 12.2. The average Bonchev–Trinajstić information content (AvgIpc) is 2.96. The number of thiophene rings is 1. The van der Waals surface area contributed by atoms with Crippen molar-refractivity contribution in [2.45, 2.75) is 16.3 Å². The van der Waals surface area contributed by atoms with Gasteiger partial charge in [0, 0.05) is 11.9 Å². The molecule has 3 nitrogen and oxygen atoms in total. The van der Waals surface area contributed by atoms with Gasteiger partial charge in [-0.25, -0.2) is 8.42 Å². The lowest BCUT2D eigenvalue weighted by Gasteiger charge is -2.06. The van der Waals surface area contributed by atoms with Gasteiger partial charge in [0.2, 0.25) is 9.84 Å². The molecule has 0 aliphatic heterocycles. The number of rotatable bonds is 3. The van der Waals surface area contributed by atoms with Crippen molar-refractivity contribution in [3.63, 3.8) is 0 Å². The lowest BCUT2D eigenvalue weighted by Crippen LogP contribution is -2.06. The molecule has 102 valence electrons. The predicted octanol–water partition coefficient (Wildman–Crippen LogP) is 3.19. The maximum Gasteiger partial charge on any atom is 0.207 e. The second-order valence-electron chi connectivity index (χ2n) is 4.48. The van der Waals surface area contributed by atoms with E-state index >= 15 is 0 Å². The summed E-state index contributed by atoms with van der Waals surface area (Å²) in [7, 11) is -3.50. The quantitative estimate of drug-likeness (QED) is 0.808. The molecule has 0 amide bonds. The fourth-order valence-electron chi connectivity index (χ4n) is 2.16. The van der Waals surface area contributed by atoms with Gasteiger partial charge in [-0.15, -0.1) is 0 Å². The Morgan fingerprint density at radius 1 is 1.00 bits per heavy atom. The Morgan fingerprint density at radius 2 is 1.75 bits per heavy atom. The number of nitrogens with two attached hydrogens (primary N) is 1. The van der Waals surface area contributed by atoms with Crippen molar-refractivity contribution in [1.29, 1.82) is 0 Å². The van der Waals surface area contributed by atoms with E-state index in [0.717, 1.165) is 10.8 Å². The molecule has 0 atom stereocenters. The maximum absolute atomic E-state index is 12.7. The minimum Gasteiger partial charge on any atom is -0.326 e. The molecule has 2 aromatic carbocycles. The van der Waals surface area contributed by atoms with E-state index in [2.05, 4.69) is 0 Å². The van der Waals surface area contributed by atoms with Crippen LogP contribution in [0.2, 0.25) is 0 Å². The van der Waals surface area contributed by atoms with E-state index < -0.39 is 9.84 Å². The Balaban J connectivity index is 2.19. The van der Waals surface area contributed by atoms with Gasteiger partial charge in [-0.1, -0.05) is 30.3 Å². The minimum absolute atomic E-state index is 0.228. The summed E-state index contributed by atoms with van der Waals surface area (Å²) < 4.78 is 25.3. The number of hydrogen-bond donors (Lipinski definition) is 1. The van der Waals surface area contributed by atoms with Crippen LogP contribution in [0.5, 0.6) is 0 Å². The van der Waals surface area contributed by atoms with Crippen molar-refractivity contribution < 1.29 is 8.42 Å². The minimum atomic E-state index is -3.50. The van der Waals surface area contributed by atoms with E-state index in [1.807, 2.05) is 30.3 Å². The molecule has 1 aromatic heterocycles. The van der Waals surface area contributed by atoms with Crippen LogP contribution in [0.3, 0.4) is 0 Å². The van der Waals surface area contributed by atoms with Crippen LogP contribution in [-0.2, 0) is 16.4 Å². The third-order valence-corrected chi connectivity index (χ3v) is 6.02. The van der Waals surface area contributed by atoms with Gasteiger partial charge in [-0.3, -0.25) is 0 Å². The standard InChI is InChI=1S/C15H13NO2S2/c16-8-13-9-19-10-15(13)20(17,18)14-6-5-11-3-1-2-4-12(11)7-14/h1-7,9-10H,8,16H2. The molecule has 0 bridgehead atoms. The highest BCUT2D eigenvalue weighted by atomic mass is 32.2. The predicted molar refractivity (Wildman–Crippen MR) is 81.6 cm³/mol. The lowest BCUT2D eigenvalue weighted by atomic mass is 10.1. The first-order valence-electron chi connectivity index (χ1n) is 6.12. The van der Waals surface area contributed by atoms with Gasteiger partial charge in [-0.2, -0.15) is 11.3 Å². The van der Waals surface area contributed by atoms with Gasteiger partial charge in [0.05, 0.1) is 9.79 Å². The van der Waals surface area contributed by atoms with Gasteiger partial charge < -0.3 is 5.73 Å². The van der Waals surface area contributed by atoms with Gasteiger partial charge in [0.15, 0.2) is 0 Å². The summed E-state index contributed by atoms with van der Waals surface area (Å²) in [6.45, 7) is 0.228. The van der Waals surface area contributed by atoms with Crippen LogP contribution < -0.4 is 5.73 Å². The molecule has 0 fully saturated rings. The molecule has 3 aromatic rings. The molecule has 0 unspecified atom stereocenters. The average molecular weight is 303 g/mol. The molecule has 1 heterocycles. The SMILES string of the molecule is NCc1cscc1S(=O)(=O)c1ccc2ccccc2c1.